The van der Waals surface area contributed by atoms with Crippen LogP contribution >= 0.6 is 0 Å². The molecule has 0 saturated heterocycles. The Balaban J connectivity index is 3.64. The van der Waals surface area contributed by atoms with Crippen molar-refractivity contribution >= 4 is 10.0 Å². The SMILES string of the molecule is CCCNS(=O)(=O)CCOC(C)C. The smallest absolute Gasteiger partial charge is 0.213 e. The van der Waals surface area contributed by atoms with Crippen LogP contribution in [-0.4, -0.2) is 33.4 Å². The van der Waals surface area contributed by atoms with Gasteiger partial charge >= 0.3 is 0 Å². The standard InChI is InChI=1S/C8H19NO3S/c1-4-5-9-13(10,11)7-6-12-8(2)3/h8-9H,4-7H2,1-3H3. The van der Waals surface area contributed by atoms with Gasteiger partial charge in [-0.25, -0.2) is 13.1 Å². The maximum absolute atomic E-state index is 11.2. The zero-order valence-electron chi connectivity index (χ0n) is 8.54. The predicted molar refractivity (Wildman–Crippen MR) is 53.2 cm³/mol. The molecule has 0 radical (unpaired) electrons. The topological polar surface area (TPSA) is 55.4 Å². The summed E-state index contributed by atoms with van der Waals surface area (Å²) in [6, 6.07) is 0. The van der Waals surface area contributed by atoms with Crippen LogP contribution in [0.4, 0.5) is 0 Å². The molecular formula is C8H19NO3S. The lowest BCUT2D eigenvalue weighted by atomic mass is 10.5. The number of sulfonamides is 1. The summed E-state index contributed by atoms with van der Waals surface area (Å²) in [6.45, 7) is 6.45. The summed E-state index contributed by atoms with van der Waals surface area (Å²) < 4.78 is 30.0. The van der Waals surface area contributed by atoms with Crippen molar-refractivity contribution in [1.29, 1.82) is 0 Å². The lowest BCUT2D eigenvalue weighted by molar-refractivity contribution is 0.0911. The van der Waals surface area contributed by atoms with Gasteiger partial charge in [0.05, 0.1) is 18.5 Å². The molecule has 4 nitrogen and oxygen atoms in total. The van der Waals surface area contributed by atoms with Crippen LogP contribution in [0, 0.1) is 0 Å². The zero-order chi connectivity index (χ0) is 10.3. The van der Waals surface area contributed by atoms with Gasteiger partial charge in [0.2, 0.25) is 10.0 Å². The van der Waals surface area contributed by atoms with Crippen molar-refractivity contribution in [2.24, 2.45) is 0 Å². The molecule has 0 heterocycles. The third kappa shape index (κ3) is 8.21. The van der Waals surface area contributed by atoms with Gasteiger partial charge in [0.1, 0.15) is 0 Å². The van der Waals surface area contributed by atoms with Gasteiger partial charge in [-0.2, -0.15) is 0 Å². The second-order valence-electron chi connectivity index (χ2n) is 3.13. The fourth-order valence-corrected chi connectivity index (χ4v) is 1.70. The molecule has 0 amide bonds. The fourth-order valence-electron chi connectivity index (χ4n) is 0.723. The van der Waals surface area contributed by atoms with E-state index in [0.717, 1.165) is 6.42 Å². The number of hydrogen-bond acceptors (Lipinski definition) is 3. The first-order chi connectivity index (χ1) is 5.98. The summed E-state index contributed by atoms with van der Waals surface area (Å²) in [5, 5.41) is 0. The maximum atomic E-state index is 11.2. The van der Waals surface area contributed by atoms with Crippen LogP contribution < -0.4 is 4.72 Å². The maximum Gasteiger partial charge on any atom is 0.213 e. The molecule has 0 aliphatic rings. The Hall–Kier alpha value is -0.130. The molecule has 0 atom stereocenters. The minimum atomic E-state index is -3.11. The van der Waals surface area contributed by atoms with Gasteiger partial charge in [-0.15, -0.1) is 0 Å². The summed E-state index contributed by atoms with van der Waals surface area (Å²) in [5.74, 6) is 0.0468. The molecule has 0 aromatic carbocycles. The lowest BCUT2D eigenvalue weighted by Gasteiger charge is -2.08. The lowest BCUT2D eigenvalue weighted by Crippen LogP contribution is -2.29. The van der Waals surface area contributed by atoms with Crippen molar-refractivity contribution in [3.05, 3.63) is 0 Å². The Morgan fingerprint density at radius 3 is 2.46 bits per heavy atom. The summed E-state index contributed by atoms with van der Waals surface area (Å²) in [5.41, 5.74) is 0. The molecule has 1 N–H and O–H groups in total. The van der Waals surface area contributed by atoms with Crippen molar-refractivity contribution in [1.82, 2.24) is 4.72 Å². The highest BCUT2D eigenvalue weighted by molar-refractivity contribution is 7.89. The second-order valence-corrected chi connectivity index (χ2v) is 5.06. The van der Waals surface area contributed by atoms with Gasteiger partial charge in [0.25, 0.3) is 0 Å². The Bertz CT molecular complexity index is 211. The van der Waals surface area contributed by atoms with Crippen molar-refractivity contribution in [3.63, 3.8) is 0 Å². The van der Waals surface area contributed by atoms with Crippen molar-refractivity contribution in [2.75, 3.05) is 18.9 Å². The summed E-state index contributed by atoms with van der Waals surface area (Å²) in [6.07, 6.45) is 0.894. The number of hydrogen-bond donors (Lipinski definition) is 1. The third-order valence-electron chi connectivity index (χ3n) is 1.38. The van der Waals surface area contributed by atoms with Crippen LogP contribution in [0.25, 0.3) is 0 Å². The molecule has 0 aliphatic heterocycles. The number of rotatable bonds is 7. The van der Waals surface area contributed by atoms with E-state index in [-0.39, 0.29) is 18.5 Å². The van der Waals surface area contributed by atoms with Crippen LogP contribution in [0.3, 0.4) is 0 Å². The molecule has 0 fully saturated rings. The van der Waals surface area contributed by atoms with Gasteiger partial charge in [-0.05, 0) is 20.3 Å². The van der Waals surface area contributed by atoms with Gasteiger partial charge in [-0.3, -0.25) is 0 Å². The molecule has 0 saturated carbocycles. The minimum absolute atomic E-state index is 0.0468. The van der Waals surface area contributed by atoms with Gasteiger partial charge in [0.15, 0.2) is 0 Å². The average molecular weight is 209 g/mol. The Morgan fingerprint density at radius 1 is 1.38 bits per heavy atom. The molecule has 5 heteroatoms. The highest BCUT2D eigenvalue weighted by Gasteiger charge is 2.08. The minimum Gasteiger partial charge on any atom is -0.378 e. The van der Waals surface area contributed by atoms with Crippen LogP contribution in [0.1, 0.15) is 27.2 Å². The first kappa shape index (κ1) is 12.9. The molecule has 0 unspecified atom stereocenters. The van der Waals surface area contributed by atoms with Crippen molar-refractivity contribution in [2.45, 2.75) is 33.3 Å². The number of ether oxygens (including phenoxy) is 1. The van der Waals surface area contributed by atoms with E-state index in [9.17, 15) is 8.42 Å². The molecular weight excluding hydrogens is 190 g/mol. The largest absolute Gasteiger partial charge is 0.378 e. The fraction of sp³-hybridized carbons (Fsp3) is 1.00. The van der Waals surface area contributed by atoms with E-state index in [1.54, 1.807) is 0 Å². The van der Waals surface area contributed by atoms with E-state index in [2.05, 4.69) is 4.72 Å². The van der Waals surface area contributed by atoms with E-state index >= 15 is 0 Å². The van der Waals surface area contributed by atoms with Crippen LogP contribution in [0.15, 0.2) is 0 Å². The normalized spacial score (nSPS) is 12.3. The summed E-state index contributed by atoms with van der Waals surface area (Å²) in [4.78, 5) is 0. The van der Waals surface area contributed by atoms with Crippen molar-refractivity contribution < 1.29 is 13.2 Å². The van der Waals surface area contributed by atoms with Gasteiger partial charge in [0, 0.05) is 6.54 Å². The molecule has 0 rings (SSSR count). The molecule has 0 aliphatic carbocycles. The summed E-state index contributed by atoms with van der Waals surface area (Å²) in [7, 11) is -3.11. The van der Waals surface area contributed by atoms with Crippen LogP contribution in [0.2, 0.25) is 0 Å². The summed E-state index contributed by atoms with van der Waals surface area (Å²) >= 11 is 0. The zero-order valence-corrected chi connectivity index (χ0v) is 9.36. The van der Waals surface area contributed by atoms with Gasteiger partial charge in [-0.1, -0.05) is 6.92 Å². The number of nitrogens with one attached hydrogen (secondary N) is 1. The predicted octanol–water partition coefficient (Wildman–Crippen LogP) is 0.741. The molecule has 0 aromatic heterocycles. The third-order valence-corrected chi connectivity index (χ3v) is 2.72. The quantitative estimate of drug-likeness (QED) is 0.673. The van der Waals surface area contributed by atoms with E-state index in [0.29, 0.717) is 6.54 Å². The molecule has 0 spiro atoms. The first-order valence-electron chi connectivity index (χ1n) is 4.57. The van der Waals surface area contributed by atoms with Crippen LogP contribution in [0.5, 0.6) is 0 Å². The monoisotopic (exact) mass is 209 g/mol. The Kier molecular flexibility index (Phi) is 6.28. The molecule has 13 heavy (non-hydrogen) atoms. The highest BCUT2D eigenvalue weighted by atomic mass is 32.2. The molecule has 80 valence electrons. The Morgan fingerprint density at radius 2 is 2.00 bits per heavy atom. The molecule has 0 aromatic rings. The van der Waals surface area contributed by atoms with Gasteiger partial charge < -0.3 is 4.74 Å². The molecule has 0 bridgehead atoms. The van der Waals surface area contributed by atoms with Crippen LogP contribution in [-0.2, 0) is 14.8 Å². The van der Waals surface area contributed by atoms with E-state index < -0.39 is 10.0 Å². The van der Waals surface area contributed by atoms with Crippen molar-refractivity contribution in [3.8, 4) is 0 Å². The van der Waals surface area contributed by atoms with E-state index in [4.69, 9.17) is 4.74 Å². The van der Waals surface area contributed by atoms with E-state index in [1.807, 2.05) is 20.8 Å². The highest BCUT2D eigenvalue weighted by Crippen LogP contribution is 1.90. The Labute approximate surface area is 80.7 Å². The second kappa shape index (κ2) is 6.34. The van der Waals surface area contributed by atoms with E-state index in [1.165, 1.54) is 0 Å². The average Bonchev–Trinajstić information content (AvgIpc) is 2.00. The first-order valence-corrected chi connectivity index (χ1v) is 6.22.